The van der Waals surface area contributed by atoms with Gasteiger partial charge in [0.15, 0.2) is 5.82 Å². The molecular formula is C59H38N4. The first-order valence-electron chi connectivity index (χ1n) is 21.4. The predicted molar refractivity (Wildman–Crippen MR) is 262 cm³/mol. The topological polar surface area (TPSA) is 43.6 Å². The van der Waals surface area contributed by atoms with E-state index in [0.29, 0.717) is 5.82 Å². The fourth-order valence-corrected chi connectivity index (χ4v) is 9.23. The standard InChI is InChI=1S/C59H38N4/c1-4-17-39(18-5-1)51-37-52(40-19-6-2-7-20-40)60-55-36-50(46-25-10-11-28-49(46)58(51)55)43-23-16-24-44(35-43)59-61-53(41-21-8-3-9-22-41)38-54(62-59)42-31-33-45(34-32-42)63-56-29-14-12-26-47(56)48-27-13-15-30-57(48)63/h1-38H. The highest BCUT2D eigenvalue weighted by Gasteiger charge is 2.18. The van der Waals surface area contributed by atoms with E-state index in [4.69, 9.17) is 15.0 Å². The van der Waals surface area contributed by atoms with Gasteiger partial charge in [0.2, 0.25) is 0 Å². The summed E-state index contributed by atoms with van der Waals surface area (Å²) < 4.78 is 2.34. The van der Waals surface area contributed by atoms with E-state index in [0.717, 1.165) is 89.0 Å². The van der Waals surface area contributed by atoms with Crippen molar-refractivity contribution in [3.8, 4) is 73.1 Å². The normalized spacial score (nSPS) is 11.5. The van der Waals surface area contributed by atoms with E-state index in [1.807, 2.05) is 12.1 Å². The number of benzene rings is 9. The molecule has 0 amide bonds. The number of para-hydroxylation sites is 2. The van der Waals surface area contributed by atoms with Crippen molar-refractivity contribution in [2.45, 2.75) is 0 Å². The van der Waals surface area contributed by atoms with Crippen LogP contribution >= 0.6 is 0 Å². The van der Waals surface area contributed by atoms with Gasteiger partial charge >= 0.3 is 0 Å². The lowest BCUT2D eigenvalue weighted by atomic mass is 9.90. The highest BCUT2D eigenvalue weighted by molar-refractivity contribution is 6.18. The van der Waals surface area contributed by atoms with Crippen LogP contribution in [0.2, 0.25) is 0 Å². The fraction of sp³-hybridized carbons (Fsp3) is 0. The zero-order valence-electron chi connectivity index (χ0n) is 34.2. The van der Waals surface area contributed by atoms with Gasteiger partial charge in [-0.15, -0.1) is 0 Å². The van der Waals surface area contributed by atoms with Crippen molar-refractivity contribution in [1.82, 2.24) is 19.5 Å². The second kappa shape index (κ2) is 15.2. The smallest absolute Gasteiger partial charge is 0.160 e. The molecular weight excluding hydrogens is 765 g/mol. The Hall–Kier alpha value is -8.47. The molecule has 4 heteroatoms. The van der Waals surface area contributed by atoms with E-state index >= 15 is 0 Å². The third-order valence-corrected chi connectivity index (χ3v) is 12.2. The van der Waals surface area contributed by atoms with Crippen LogP contribution in [-0.4, -0.2) is 19.5 Å². The molecule has 0 unspecified atom stereocenters. The first kappa shape index (κ1) is 36.4. The van der Waals surface area contributed by atoms with Crippen molar-refractivity contribution < 1.29 is 0 Å². The van der Waals surface area contributed by atoms with Crippen molar-refractivity contribution in [2.75, 3.05) is 0 Å². The summed E-state index contributed by atoms with van der Waals surface area (Å²) in [7, 11) is 0. The molecule has 0 saturated heterocycles. The Labute approximate surface area is 365 Å². The molecule has 3 heterocycles. The van der Waals surface area contributed by atoms with Gasteiger partial charge in [0, 0.05) is 44.1 Å². The van der Waals surface area contributed by atoms with Gasteiger partial charge in [-0.05, 0) is 81.6 Å². The molecule has 0 bridgehead atoms. The fourth-order valence-electron chi connectivity index (χ4n) is 9.23. The summed E-state index contributed by atoms with van der Waals surface area (Å²) in [6, 6.07) is 81.4. The van der Waals surface area contributed by atoms with Gasteiger partial charge in [-0.25, -0.2) is 15.0 Å². The lowest BCUT2D eigenvalue weighted by Gasteiger charge is -2.16. The molecule has 0 aliphatic heterocycles. The first-order chi connectivity index (χ1) is 31.2. The molecule has 3 aromatic heterocycles. The summed E-state index contributed by atoms with van der Waals surface area (Å²) in [4.78, 5) is 15.9. The highest BCUT2D eigenvalue weighted by Crippen LogP contribution is 2.42. The minimum atomic E-state index is 0.667. The monoisotopic (exact) mass is 802 g/mol. The van der Waals surface area contributed by atoms with E-state index in [2.05, 4.69) is 223 Å². The van der Waals surface area contributed by atoms with Crippen LogP contribution < -0.4 is 0 Å². The number of nitrogens with zero attached hydrogens (tertiary/aromatic N) is 4. The van der Waals surface area contributed by atoms with Crippen LogP contribution in [0.4, 0.5) is 0 Å². The third-order valence-electron chi connectivity index (χ3n) is 12.2. The summed E-state index contributed by atoms with van der Waals surface area (Å²) in [5.41, 5.74) is 15.7. The van der Waals surface area contributed by atoms with E-state index in [1.54, 1.807) is 0 Å². The maximum absolute atomic E-state index is 5.36. The average molecular weight is 803 g/mol. The average Bonchev–Trinajstić information content (AvgIpc) is 3.71. The van der Waals surface area contributed by atoms with Crippen molar-refractivity contribution in [2.24, 2.45) is 0 Å². The minimum absolute atomic E-state index is 0.667. The Morgan fingerprint density at radius 3 is 1.38 bits per heavy atom. The van der Waals surface area contributed by atoms with Gasteiger partial charge < -0.3 is 4.57 Å². The van der Waals surface area contributed by atoms with Gasteiger partial charge in [0.1, 0.15) is 0 Å². The summed E-state index contributed by atoms with van der Waals surface area (Å²) >= 11 is 0. The first-order valence-corrected chi connectivity index (χ1v) is 21.4. The van der Waals surface area contributed by atoms with Crippen LogP contribution in [-0.2, 0) is 0 Å². The molecule has 0 saturated carbocycles. The Morgan fingerprint density at radius 1 is 0.286 bits per heavy atom. The molecule has 4 nitrogen and oxygen atoms in total. The molecule has 0 N–H and O–H groups in total. The minimum Gasteiger partial charge on any atom is -0.309 e. The van der Waals surface area contributed by atoms with Gasteiger partial charge in [0.05, 0.1) is 33.6 Å². The highest BCUT2D eigenvalue weighted by atomic mass is 15.0. The number of pyridine rings is 1. The number of hydrogen-bond donors (Lipinski definition) is 0. The quantitative estimate of drug-likeness (QED) is 0.151. The van der Waals surface area contributed by atoms with E-state index in [9.17, 15) is 0 Å². The molecule has 0 atom stereocenters. The largest absolute Gasteiger partial charge is 0.309 e. The molecule has 9 aromatic carbocycles. The van der Waals surface area contributed by atoms with Gasteiger partial charge in [-0.3, -0.25) is 0 Å². The zero-order chi connectivity index (χ0) is 41.7. The van der Waals surface area contributed by atoms with Crippen LogP contribution in [0.3, 0.4) is 0 Å². The molecule has 63 heavy (non-hydrogen) atoms. The van der Waals surface area contributed by atoms with Crippen LogP contribution in [0.25, 0.3) is 117 Å². The second-order valence-electron chi connectivity index (χ2n) is 16.0. The van der Waals surface area contributed by atoms with Crippen LogP contribution in [0, 0.1) is 0 Å². The Kier molecular flexibility index (Phi) is 8.79. The molecule has 0 spiro atoms. The predicted octanol–water partition coefficient (Wildman–Crippen LogP) is 15.3. The summed E-state index contributed by atoms with van der Waals surface area (Å²) in [6.07, 6.45) is 0. The maximum atomic E-state index is 5.36. The molecule has 12 rings (SSSR count). The Balaban J connectivity index is 1.00. The van der Waals surface area contributed by atoms with Crippen molar-refractivity contribution in [3.63, 3.8) is 0 Å². The van der Waals surface area contributed by atoms with Gasteiger partial charge in [-0.1, -0.05) is 182 Å². The molecule has 0 fully saturated rings. The third kappa shape index (κ3) is 6.44. The number of fused-ring (bicyclic) bond motifs is 6. The Morgan fingerprint density at radius 2 is 0.762 bits per heavy atom. The zero-order valence-corrected chi connectivity index (χ0v) is 34.2. The summed E-state index contributed by atoms with van der Waals surface area (Å²) in [5, 5.41) is 5.96. The SMILES string of the molecule is c1ccc(-c2cc(-c3ccc(-n4c5ccccc5c5ccccc54)cc3)nc(-c3cccc(-c4cc5nc(-c6ccccc6)cc(-c6ccccc6)c5c5ccccc45)c3)n2)cc1. The summed E-state index contributed by atoms with van der Waals surface area (Å²) in [6.45, 7) is 0. The van der Waals surface area contributed by atoms with Crippen molar-refractivity contribution >= 4 is 43.5 Å². The molecule has 0 aliphatic carbocycles. The van der Waals surface area contributed by atoms with Crippen molar-refractivity contribution in [3.05, 3.63) is 231 Å². The molecule has 294 valence electrons. The lowest BCUT2D eigenvalue weighted by molar-refractivity contribution is 1.17. The summed E-state index contributed by atoms with van der Waals surface area (Å²) in [5.74, 6) is 0.667. The van der Waals surface area contributed by atoms with E-state index in [-0.39, 0.29) is 0 Å². The number of rotatable bonds is 7. The van der Waals surface area contributed by atoms with E-state index in [1.165, 1.54) is 21.8 Å². The van der Waals surface area contributed by atoms with E-state index < -0.39 is 0 Å². The van der Waals surface area contributed by atoms with Crippen LogP contribution in [0.15, 0.2) is 231 Å². The lowest BCUT2D eigenvalue weighted by Crippen LogP contribution is -1.97. The number of aromatic nitrogens is 4. The number of hydrogen-bond acceptors (Lipinski definition) is 3. The molecule has 0 aliphatic rings. The van der Waals surface area contributed by atoms with Crippen molar-refractivity contribution in [1.29, 1.82) is 0 Å². The molecule has 0 radical (unpaired) electrons. The molecule has 12 aromatic rings. The van der Waals surface area contributed by atoms with Gasteiger partial charge in [0.25, 0.3) is 0 Å². The maximum Gasteiger partial charge on any atom is 0.160 e. The van der Waals surface area contributed by atoms with Crippen LogP contribution in [0.1, 0.15) is 0 Å². The van der Waals surface area contributed by atoms with Crippen LogP contribution in [0.5, 0.6) is 0 Å². The van der Waals surface area contributed by atoms with Gasteiger partial charge in [-0.2, -0.15) is 0 Å². The second-order valence-corrected chi connectivity index (χ2v) is 16.0. The Bertz CT molecular complexity index is 3600.